The van der Waals surface area contributed by atoms with Gasteiger partial charge in [-0.05, 0) is 12.7 Å². The van der Waals surface area contributed by atoms with Crippen LogP contribution in [-0.4, -0.2) is 13.1 Å². The lowest BCUT2D eigenvalue weighted by Gasteiger charge is -1.91. The van der Waals surface area contributed by atoms with E-state index in [1.54, 1.807) is 0 Å². The fourth-order valence-electron chi connectivity index (χ4n) is 0.870. The van der Waals surface area contributed by atoms with Gasteiger partial charge in [-0.2, -0.15) is 0 Å². The number of hydrogen-bond acceptors (Lipinski definition) is 0. The summed E-state index contributed by atoms with van der Waals surface area (Å²) in [6.07, 6.45) is 0.435. The first kappa shape index (κ1) is 5.07. The number of hydrogen-bond donors (Lipinski definition) is 0. The van der Waals surface area contributed by atoms with Gasteiger partial charge in [-0.15, -0.1) is 0 Å². The van der Waals surface area contributed by atoms with Gasteiger partial charge >= 0.3 is 6.99 Å². The summed E-state index contributed by atoms with van der Waals surface area (Å²) in [4.78, 5) is 0. The topological polar surface area (TPSA) is 0 Å². The summed E-state index contributed by atoms with van der Waals surface area (Å²) in [5.41, 5.74) is 0. The molecule has 0 nitrogen and oxygen atoms in total. The van der Waals surface area contributed by atoms with Crippen molar-refractivity contribution in [3.05, 3.63) is 0 Å². The summed E-state index contributed by atoms with van der Waals surface area (Å²) in [7, 11) is 0. The predicted molar refractivity (Wildman–Crippen MR) is 25.8 cm³/mol. The summed E-state index contributed by atoms with van der Waals surface area (Å²) in [5, 5.41) is 0. The molecule has 0 aromatic rings. The highest BCUT2D eigenvalue weighted by atomic mass is 19.2. The molecule has 1 saturated heterocycles. The van der Waals surface area contributed by atoms with Crippen LogP contribution >= 0.6 is 0 Å². The molecule has 0 saturated carbocycles. The summed E-state index contributed by atoms with van der Waals surface area (Å²) in [5.74, 6) is 0. The molecule has 1 heterocycles. The third kappa shape index (κ3) is 0.927. The highest BCUT2D eigenvalue weighted by molar-refractivity contribution is 6.53. The first-order chi connectivity index (χ1) is 3.30. The van der Waals surface area contributed by atoms with Crippen LogP contribution in [0.15, 0.2) is 0 Å². The number of rotatable bonds is 0. The monoisotopic (exact) mass is 104 g/mol. The van der Waals surface area contributed by atoms with Crippen LogP contribution in [0.25, 0.3) is 0 Å². The maximum Gasteiger partial charge on any atom is 0.382 e. The van der Waals surface area contributed by atoms with Gasteiger partial charge in [0.2, 0.25) is 0 Å². The van der Waals surface area contributed by atoms with Crippen LogP contribution in [0.2, 0.25) is 6.32 Å². The Bertz CT molecular complexity index is 58.7. The van der Waals surface area contributed by atoms with E-state index < -0.39 is 13.1 Å². The van der Waals surface area contributed by atoms with E-state index in [4.69, 9.17) is 0 Å². The molecule has 0 spiro atoms. The molecule has 1 fully saturated rings. The zero-order valence-corrected chi connectivity index (χ0v) is 4.03. The van der Waals surface area contributed by atoms with Gasteiger partial charge in [-0.1, -0.05) is 6.42 Å². The molecule has 7 heavy (non-hydrogen) atoms. The summed E-state index contributed by atoms with van der Waals surface area (Å²) in [6.45, 7) is -1.15. The SMILES string of the molecule is FB1CCCC1F. The van der Waals surface area contributed by atoms with E-state index >= 15 is 0 Å². The fraction of sp³-hybridized carbons (Fsp3) is 1.00. The molecular formula is C4H7BF2. The smallest absolute Gasteiger partial charge is 0.333 e. The first-order valence-electron chi connectivity index (χ1n) is 2.59. The molecule has 0 aromatic carbocycles. The Morgan fingerprint density at radius 2 is 2.29 bits per heavy atom. The Morgan fingerprint density at radius 1 is 1.57 bits per heavy atom. The molecule has 40 valence electrons. The van der Waals surface area contributed by atoms with E-state index in [1.165, 1.54) is 0 Å². The van der Waals surface area contributed by atoms with Crippen LogP contribution in [0.1, 0.15) is 12.8 Å². The van der Waals surface area contributed by atoms with Crippen LogP contribution in [0.3, 0.4) is 0 Å². The zero-order valence-electron chi connectivity index (χ0n) is 4.03. The molecule has 3 heteroatoms. The van der Waals surface area contributed by atoms with E-state index in [1.807, 2.05) is 0 Å². The van der Waals surface area contributed by atoms with Gasteiger partial charge in [0.15, 0.2) is 0 Å². The molecule has 1 atom stereocenters. The minimum atomic E-state index is -1.15. The molecule has 1 unspecified atom stereocenters. The minimum absolute atomic E-state index is 0.432. The minimum Gasteiger partial charge on any atom is -0.333 e. The summed E-state index contributed by atoms with van der Waals surface area (Å²) < 4.78 is 23.9. The van der Waals surface area contributed by atoms with Gasteiger partial charge in [0, 0.05) is 0 Å². The second-order valence-electron chi connectivity index (χ2n) is 1.96. The van der Waals surface area contributed by atoms with E-state index in [0.29, 0.717) is 12.7 Å². The zero-order chi connectivity index (χ0) is 5.28. The van der Waals surface area contributed by atoms with Crippen LogP contribution in [0.4, 0.5) is 8.71 Å². The van der Waals surface area contributed by atoms with Crippen molar-refractivity contribution in [3.63, 3.8) is 0 Å². The van der Waals surface area contributed by atoms with Gasteiger partial charge < -0.3 is 4.32 Å². The van der Waals surface area contributed by atoms with Crippen molar-refractivity contribution < 1.29 is 8.71 Å². The number of alkyl halides is 1. The van der Waals surface area contributed by atoms with Crippen molar-refractivity contribution in [1.29, 1.82) is 0 Å². The summed E-state index contributed by atoms with van der Waals surface area (Å²) in [6, 6.07) is 0. The van der Waals surface area contributed by atoms with Crippen molar-refractivity contribution in [3.8, 4) is 0 Å². The van der Waals surface area contributed by atoms with E-state index in [0.717, 1.165) is 6.42 Å². The molecule has 1 aliphatic heterocycles. The summed E-state index contributed by atoms with van der Waals surface area (Å²) >= 11 is 0. The fourth-order valence-corrected chi connectivity index (χ4v) is 0.870. The molecular weight excluding hydrogens is 96.9 g/mol. The van der Waals surface area contributed by atoms with Gasteiger partial charge in [-0.3, -0.25) is 4.39 Å². The highest BCUT2D eigenvalue weighted by Crippen LogP contribution is 2.21. The van der Waals surface area contributed by atoms with Gasteiger partial charge in [0.1, 0.15) is 6.07 Å². The molecule has 0 radical (unpaired) electrons. The lowest BCUT2D eigenvalue weighted by Crippen LogP contribution is -2.12. The van der Waals surface area contributed by atoms with Gasteiger partial charge in [0.25, 0.3) is 0 Å². The molecule has 0 amide bonds. The van der Waals surface area contributed by atoms with Crippen molar-refractivity contribution in [1.82, 2.24) is 0 Å². The van der Waals surface area contributed by atoms with E-state index in [2.05, 4.69) is 0 Å². The lowest BCUT2D eigenvalue weighted by molar-refractivity contribution is 0.414. The Hall–Kier alpha value is -0.0751. The first-order valence-corrected chi connectivity index (χ1v) is 2.59. The molecule has 0 bridgehead atoms. The molecule has 1 aliphatic rings. The average molecular weight is 104 g/mol. The second-order valence-corrected chi connectivity index (χ2v) is 1.96. The largest absolute Gasteiger partial charge is 0.382 e. The van der Waals surface area contributed by atoms with Crippen molar-refractivity contribution in [2.75, 3.05) is 0 Å². The molecule has 0 N–H and O–H groups in total. The quantitative estimate of drug-likeness (QED) is 0.409. The normalized spacial score (nSPS) is 31.7. The standard InChI is InChI=1S/C4H7BF2/c6-4-2-1-3-5(4)7/h4H,1-3H2. The third-order valence-corrected chi connectivity index (χ3v) is 1.35. The van der Waals surface area contributed by atoms with Crippen molar-refractivity contribution in [2.24, 2.45) is 0 Å². The average Bonchev–Trinajstić information content (AvgIpc) is 1.91. The van der Waals surface area contributed by atoms with Crippen molar-refractivity contribution in [2.45, 2.75) is 25.2 Å². The Morgan fingerprint density at radius 3 is 2.43 bits per heavy atom. The van der Waals surface area contributed by atoms with Crippen LogP contribution < -0.4 is 0 Å². The second kappa shape index (κ2) is 1.80. The lowest BCUT2D eigenvalue weighted by atomic mass is 9.69. The number of halogens is 2. The maximum absolute atomic E-state index is 11.9. The van der Waals surface area contributed by atoms with E-state index in [9.17, 15) is 8.71 Å². The maximum atomic E-state index is 11.9. The van der Waals surface area contributed by atoms with Gasteiger partial charge in [-0.25, -0.2) is 0 Å². The van der Waals surface area contributed by atoms with Crippen LogP contribution in [0, 0.1) is 0 Å². The molecule has 1 rings (SSSR count). The highest BCUT2D eigenvalue weighted by Gasteiger charge is 2.31. The Kier molecular flexibility index (Phi) is 1.31. The molecule has 0 aliphatic carbocycles. The Labute approximate surface area is 42.0 Å². The molecule has 0 aromatic heterocycles. The van der Waals surface area contributed by atoms with E-state index in [-0.39, 0.29) is 0 Å². The Balaban J connectivity index is 2.33. The van der Waals surface area contributed by atoms with Crippen LogP contribution in [-0.2, 0) is 0 Å². The van der Waals surface area contributed by atoms with Crippen LogP contribution in [0.5, 0.6) is 0 Å². The third-order valence-electron chi connectivity index (χ3n) is 1.35. The predicted octanol–water partition coefficient (Wildman–Crippen LogP) is 1.62. The van der Waals surface area contributed by atoms with Crippen molar-refractivity contribution >= 4 is 6.99 Å². The van der Waals surface area contributed by atoms with Gasteiger partial charge in [0.05, 0.1) is 0 Å².